The van der Waals surface area contributed by atoms with Crippen molar-refractivity contribution in [3.63, 3.8) is 0 Å². The average Bonchev–Trinajstić information content (AvgIpc) is 2.79. The van der Waals surface area contributed by atoms with Crippen molar-refractivity contribution in [2.24, 2.45) is 0 Å². The van der Waals surface area contributed by atoms with Gasteiger partial charge in [0.05, 0.1) is 6.61 Å². The van der Waals surface area contributed by atoms with E-state index >= 15 is 0 Å². The third-order valence-electron chi connectivity index (χ3n) is 6.28. The first-order valence-corrected chi connectivity index (χ1v) is 10.1. The normalized spacial score (nSPS) is 22.7. The molecule has 30 heavy (non-hydrogen) atoms. The van der Waals surface area contributed by atoms with E-state index in [-0.39, 0.29) is 36.3 Å². The van der Waals surface area contributed by atoms with E-state index in [2.05, 4.69) is 16.0 Å². The van der Waals surface area contributed by atoms with Crippen LogP contribution in [0.1, 0.15) is 27.4 Å². The molecule has 0 aliphatic carbocycles. The number of aromatic nitrogens is 1. The van der Waals surface area contributed by atoms with Crippen molar-refractivity contribution in [3.8, 4) is 0 Å². The number of amides is 1. The van der Waals surface area contributed by atoms with Crippen molar-refractivity contribution in [3.05, 3.63) is 95.6 Å². The summed E-state index contributed by atoms with van der Waals surface area (Å²) < 4.78 is 13.3. The van der Waals surface area contributed by atoms with Crippen molar-refractivity contribution in [1.29, 1.82) is 0 Å². The van der Waals surface area contributed by atoms with E-state index in [0.29, 0.717) is 18.7 Å². The highest BCUT2D eigenvalue weighted by Gasteiger charge is 2.53. The molecule has 0 bridgehead atoms. The molecule has 3 heterocycles. The highest BCUT2D eigenvalue weighted by Crippen LogP contribution is 2.48. The van der Waals surface area contributed by atoms with E-state index in [0.717, 1.165) is 16.8 Å². The highest BCUT2D eigenvalue weighted by molar-refractivity contribution is 6.07. The number of benzene rings is 2. The lowest BCUT2D eigenvalue weighted by Crippen LogP contribution is -2.68. The number of halogens is 1. The Balaban J connectivity index is 1.48. The number of rotatable bonds is 4. The van der Waals surface area contributed by atoms with Gasteiger partial charge < -0.3 is 10.0 Å². The van der Waals surface area contributed by atoms with Crippen LogP contribution in [-0.4, -0.2) is 46.1 Å². The van der Waals surface area contributed by atoms with Crippen LogP contribution in [0.2, 0.25) is 0 Å². The highest BCUT2D eigenvalue weighted by atomic mass is 19.1. The zero-order valence-corrected chi connectivity index (χ0v) is 16.4. The third-order valence-corrected chi connectivity index (χ3v) is 6.28. The SMILES string of the molecule is O=C(c1ccncc1)N1C[C@H]2[C@@H](c3ccccc31)[C@H](CO)N2Cc1ccc(F)cc1. The van der Waals surface area contributed by atoms with E-state index in [1.807, 2.05) is 23.1 Å². The van der Waals surface area contributed by atoms with Crippen LogP contribution in [0, 0.1) is 5.82 Å². The van der Waals surface area contributed by atoms with Gasteiger partial charge in [-0.1, -0.05) is 30.3 Å². The maximum atomic E-state index is 13.3. The summed E-state index contributed by atoms with van der Waals surface area (Å²) >= 11 is 0. The first kappa shape index (κ1) is 18.9. The minimum atomic E-state index is -0.264. The summed E-state index contributed by atoms with van der Waals surface area (Å²) in [6.07, 6.45) is 3.25. The van der Waals surface area contributed by atoms with Gasteiger partial charge in [-0.25, -0.2) is 4.39 Å². The molecule has 5 rings (SSSR count). The molecule has 3 aromatic rings. The standard InChI is InChI=1S/C24H22FN3O2/c25-18-7-5-16(6-8-18)13-27-21-14-28(24(30)17-9-11-26-12-10-17)20-4-2-1-3-19(20)23(21)22(27)15-29/h1-12,21-23,29H,13-15H2/t21-,22-,23+/m0/s1. The van der Waals surface area contributed by atoms with Gasteiger partial charge >= 0.3 is 0 Å². The number of hydrogen-bond donors (Lipinski definition) is 1. The largest absolute Gasteiger partial charge is 0.395 e. The first-order valence-electron chi connectivity index (χ1n) is 10.1. The lowest BCUT2D eigenvalue weighted by atomic mass is 9.71. The Bertz CT molecular complexity index is 1060. The Morgan fingerprint density at radius 2 is 1.80 bits per heavy atom. The number of likely N-dealkylation sites (tertiary alicyclic amines) is 1. The molecule has 1 N–H and O–H groups in total. The third kappa shape index (κ3) is 3.09. The molecular formula is C24H22FN3O2. The van der Waals surface area contributed by atoms with Crippen molar-refractivity contribution in [1.82, 2.24) is 9.88 Å². The summed E-state index contributed by atoms with van der Waals surface area (Å²) in [5.74, 6) is -0.162. The number of aliphatic hydroxyl groups is 1. The summed E-state index contributed by atoms with van der Waals surface area (Å²) in [6.45, 7) is 1.18. The molecule has 1 amide bonds. The van der Waals surface area contributed by atoms with Gasteiger partial charge in [-0.3, -0.25) is 14.7 Å². The number of carbonyl (C=O) groups excluding carboxylic acids is 1. The lowest BCUT2D eigenvalue weighted by molar-refractivity contribution is -0.0488. The van der Waals surface area contributed by atoms with Crippen LogP contribution >= 0.6 is 0 Å². The molecule has 0 unspecified atom stereocenters. The van der Waals surface area contributed by atoms with Crippen molar-refractivity contribution in [2.45, 2.75) is 24.5 Å². The summed E-state index contributed by atoms with van der Waals surface area (Å²) in [5.41, 5.74) is 3.58. The molecule has 1 aromatic heterocycles. The number of nitrogens with zero attached hydrogens (tertiary/aromatic N) is 3. The maximum Gasteiger partial charge on any atom is 0.258 e. The van der Waals surface area contributed by atoms with Crippen LogP contribution in [-0.2, 0) is 6.54 Å². The number of carbonyl (C=O) groups is 1. The van der Waals surface area contributed by atoms with E-state index in [1.54, 1.807) is 36.7 Å². The molecule has 6 heteroatoms. The zero-order chi connectivity index (χ0) is 20.7. The second kappa shape index (κ2) is 7.63. The van der Waals surface area contributed by atoms with Crippen LogP contribution < -0.4 is 4.90 Å². The van der Waals surface area contributed by atoms with Crippen molar-refractivity contribution < 1.29 is 14.3 Å². The minimum Gasteiger partial charge on any atom is -0.395 e. The van der Waals surface area contributed by atoms with Gasteiger partial charge in [0.15, 0.2) is 0 Å². The zero-order valence-electron chi connectivity index (χ0n) is 16.4. The second-order valence-corrected chi connectivity index (χ2v) is 7.85. The molecule has 2 aromatic carbocycles. The Hall–Kier alpha value is -3.09. The lowest BCUT2D eigenvalue weighted by Gasteiger charge is -2.59. The van der Waals surface area contributed by atoms with Crippen LogP contribution in [0.4, 0.5) is 10.1 Å². The van der Waals surface area contributed by atoms with Gasteiger partial charge in [0, 0.05) is 54.7 Å². The average molecular weight is 403 g/mol. The van der Waals surface area contributed by atoms with Crippen LogP contribution in [0.15, 0.2) is 73.1 Å². The molecule has 2 aliphatic rings. The Morgan fingerprint density at radius 3 is 2.53 bits per heavy atom. The van der Waals surface area contributed by atoms with Gasteiger partial charge in [-0.2, -0.15) is 0 Å². The Morgan fingerprint density at radius 1 is 1.07 bits per heavy atom. The van der Waals surface area contributed by atoms with Crippen molar-refractivity contribution in [2.75, 3.05) is 18.1 Å². The minimum absolute atomic E-state index is 0.0284. The van der Waals surface area contributed by atoms with Gasteiger partial charge in [0.2, 0.25) is 0 Å². The van der Waals surface area contributed by atoms with E-state index in [4.69, 9.17) is 0 Å². The topological polar surface area (TPSA) is 56.7 Å². The van der Waals surface area contributed by atoms with Crippen molar-refractivity contribution >= 4 is 11.6 Å². The Labute approximate surface area is 174 Å². The molecule has 0 saturated carbocycles. The molecule has 152 valence electrons. The molecular weight excluding hydrogens is 381 g/mol. The summed E-state index contributed by atoms with van der Waals surface area (Å²) in [4.78, 5) is 21.3. The molecule has 0 spiro atoms. The summed E-state index contributed by atoms with van der Waals surface area (Å²) in [5, 5.41) is 10.1. The number of fused-ring (bicyclic) bond motifs is 3. The van der Waals surface area contributed by atoms with Gasteiger partial charge in [-0.15, -0.1) is 0 Å². The fourth-order valence-corrected chi connectivity index (χ4v) is 4.84. The second-order valence-electron chi connectivity index (χ2n) is 7.85. The quantitative estimate of drug-likeness (QED) is 0.727. The predicted molar refractivity (Wildman–Crippen MR) is 112 cm³/mol. The number of pyridine rings is 1. The van der Waals surface area contributed by atoms with Crippen LogP contribution in [0.25, 0.3) is 0 Å². The number of aliphatic hydroxyl groups excluding tert-OH is 1. The molecule has 5 nitrogen and oxygen atoms in total. The fraction of sp³-hybridized carbons (Fsp3) is 0.250. The number of para-hydroxylation sites is 1. The van der Waals surface area contributed by atoms with Gasteiger partial charge in [0.25, 0.3) is 5.91 Å². The van der Waals surface area contributed by atoms with E-state index < -0.39 is 0 Å². The van der Waals surface area contributed by atoms with Gasteiger partial charge in [-0.05, 0) is 41.5 Å². The molecule has 3 atom stereocenters. The summed E-state index contributed by atoms with van der Waals surface area (Å²) in [7, 11) is 0. The van der Waals surface area contributed by atoms with Crippen LogP contribution in [0.5, 0.6) is 0 Å². The van der Waals surface area contributed by atoms with E-state index in [9.17, 15) is 14.3 Å². The smallest absolute Gasteiger partial charge is 0.258 e. The summed E-state index contributed by atoms with van der Waals surface area (Å²) in [6, 6.07) is 17.9. The number of hydrogen-bond acceptors (Lipinski definition) is 4. The van der Waals surface area contributed by atoms with Crippen LogP contribution in [0.3, 0.4) is 0 Å². The first-order chi connectivity index (χ1) is 14.7. The maximum absolute atomic E-state index is 13.3. The molecule has 2 aliphatic heterocycles. The predicted octanol–water partition coefficient (Wildman–Crippen LogP) is 3.21. The fourth-order valence-electron chi connectivity index (χ4n) is 4.84. The molecule has 1 fully saturated rings. The number of anilines is 1. The van der Waals surface area contributed by atoms with E-state index in [1.165, 1.54) is 12.1 Å². The molecule has 1 saturated heterocycles. The monoisotopic (exact) mass is 403 g/mol. The molecule has 0 radical (unpaired) electrons. The van der Waals surface area contributed by atoms with Gasteiger partial charge in [0.1, 0.15) is 5.82 Å². The Kier molecular flexibility index (Phi) is 4.81.